The van der Waals surface area contributed by atoms with Crippen LogP contribution in [0.1, 0.15) is 10.4 Å². The maximum absolute atomic E-state index is 13.2. The number of amides is 1. The number of halogens is 1. The second-order valence-corrected chi connectivity index (χ2v) is 3.10. The van der Waals surface area contributed by atoms with Crippen LogP contribution in [0.4, 0.5) is 10.2 Å². The molecule has 2 aromatic rings. The first-order chi connectivity index (χ1) is 8.16. The summed E-state index contributed by atoms with van der Waals surface area (Å²) in [4.78, 5) is 25.7. The fraction of sp³-hybridized carbons (Fsp3) is 0. The van der Waals surface area contributed by atoms with Crippen molar-refractivity contribution in [2.75, 3.05) is 5.32 Å². The van der Waals surface area contributed by atoms with Crippen LogP contribution in [-0.2, 0) is 0 Å². The lowest BCUT2D eigenvalue weighted by molar-refractivity contribution is 0.102. The molecule has 0 unspecified atom stereocenters. The number of carbonyl (C=O) groups excluding carboxylic acids is 1. The van der Waals surface area contributed by atoms with Gasteiger partial charge in [0.05, 0.1) is 5.56 Å². The number of aromatic nitrogens is 3. The maximum Gasteiger partial charge on any atom is 0.264 e. The summed E-state index contributed by atoms with van der Waals surface area (Å²) in [6, 6.07) is 5.24. The van der Waals surface area contributed by atoms with E-state index in [9.17, 15) is 14.0 Å². The molecule has 0 bridgehead atoms. The van der Waals surface area contributed by atoms with Gasteiger partial charge in [-0.05, 0) is 18.2 Å². The number of hydrogen-bond acceptors (Lipinski definition) is 4. The number of aromatic amines is 1. The summed E-state index contributed by atoms with van der Waals surface area (Å²) >= 11 is 0. The van der Waals surface area contributed by atoms with Crippen molar-refractivity contribution in [1.82, 2.24) is 15.2 Å². The van der Waals surface area contributed by atoms with E-state index in [1.54, 1.807) is 0 Å². The molecular formula is C10H7FN4O2. The van der Waals surface area contributed by atoms with E-state index in [1.807, 2.05) is 0 Å². The van der Waals surface area contributed by atoms with E-state index in [-0.39, 0.29) is 11.4 Å². The first-order valence-electron chi connectivity index (χ1n) is 4.64. The molecule has 0 spiro atoms. The van der Waals surface area contributed by atoms with Gasteiger partial charge < -0.3 is 5.32 Å². The molecule has 86 valence electrons. The average molecular weight is 234 g/mol. The zero-order valence-corrected chi connectivity index (χ0v) is 8.48. The monoisotopic (exact) mass is 234 g/mol. The van der Waals surface area contributed by atoms with Gasteiger partial charge >= 0.3 is 0 Å². The molecule has 0 radical (unpaired) electrons. The predicted molar refractivity (Wildman–Crippen MR) is 57.0 cm³/mol. The standard InChI is InChI=1S/C10H7FN4O2/c11-9-6(2-1-5-12-9)10(17)13-7-3-4-8(16)15-14-7/h1-5H,(H,15,16)(H,13,14,17). The lowest BCUT2D eigenvalue weighted by Crippen LogP contribution is -2.17. The molecular weight excluding hydrogens is 227 g/mol. The first kappa shape index (κ1) is 10.9. The van der Waals surface area contributed by atoms with Gasteiger partial charge in [0.25, 0.3) is 11.5 Å². The number of carbonyl (C=O) groups is 1. The van der Waals surface area contributed by atoms with Crippen LogP contribution in [0, 0.1) is 5.95 Å². The van der Waals surface area contributed by atoms with Gasteiger partial charge in [-0.25, -0.2) is 10.1 Å². The highest BCUT2D eigenvalue weighted by Crippen LogP contribution is 2.06. The van der Waals surface area contributed by atoms with E-state index in [4.69, 9.17) is 0 Å². The average Bonchev–Trinajstić information content (AvgIpc) is 2.32. The molecule has 7 heteroatoms. The quantitative estimate of drug-likeness (QED) is 0.743. The Morgan fingerprint density at radius 1 is 1.35 bits per heavy atom. The molecule has 0 saturated carbocycles. The van der Waals surface area contributed by atoms with Gasteiger partial charge in [-0.15, -0.1) is 0 Å². The Hall–Kier alpha value is -2.57. The molecule has 2 aromatic heterocycles. The van der Waals surface area contributed by atoms with Crippen LogP contribution in [0.25, 0.3) is 0 Å². The summed E-state index contributed by atoms with van der Waals surface area (Å²) < 4.78 is 13.2. The Kier molecular flexibility index (Phi) is 2.91. The number of nitrogens with zero attached hydrogens (tertiary/aromatic N) is 2. The molecule has 0 atom stereocenters. The van der Waals surface area contributed by atoms with Crippen molar-refractivity contribution in [3.63, 3.8) is 0 Å². The zero-order valence-electron chi connectivity index (χ0n) is 8.48. The Bertz CT molecular complexity index is 591. The molecule has 0 aromatic carbocycles. The van der Waals surface area contributed by atoms with Gasteiger partial charge in [-0.2, -0.15) is 9.49 Å². The lowest BCUT2D eigenvalue weighted by Gasteiger charge is -2.03. The highest BCUT2D eigenvalue weighted by molar-refractivity contribution is 6.03. The topological polar surface area (TPSA) is 87.7 Å². The van der Waals surface area contributed by atoms with Crippen LogP contribution in [0.15, 0.2) is 35.3 Å². The Balaban J connectivity index is 2.20. The Morgan fingerprint density at radius 2 is 2.18 bits per heavy atom. The van der Waals surface area contributed by atoms with Gasteiger partial charge in [0, 0.05) is 12.3 Å². The van der Waals surface area contributed by atoms with Crippen molar-refractivity contribution in [3.05, 3.63) is 52.3 Å². The third kappa shape index (κ3) is 2.51. The van der Waals surface area contributed by atoms with E-state index < -0.39 is 17.4 Å². The fourth-order valence-corrected chi connectivity index (χ4v) is 1.15. The molecule has 0 aliphatic rings. The van der Waals surface area contributed by atoms with E-state index >= 15 is 0 Å². The molecule has 0 aliphatic carbocycles. The van der Waals surface area contributed by atoms with Crippen LogP contribution < -0.4 is 10.9 Å². The Labute approximate surface area is 94.5 Å². The van der Waals surface area contributed by atoms with Crippen molar-refractivity contribution in [2.45, 2.75) is 0 Å². The summed E-state index contributed by atoms with van der Waals surface area (Å²) in [6.45, 7) is 0. The Morgan fingerprint density at radius 3 is 2.82 bits per heavy atom. The zero-order chi connectivity index (χ0) is 12.3. The maximum atomic E-state index is 13.2. The molecule has 2 heterocycles. The van der Waals surface area contributed by atoms with Crippen LogP contribution in [-0.4, -0.2) is 21.1 Å². The normalized spacial score (nSPS) is 9.94. The van der Waals surface area contributed by atoms with Gasteiger partial charge in [0.15, 0.2) is 5.82 Å². The molecule has 0 aliphatic heterocycles. The third-order valence-corrected chi connectivity index (χ3v) is 1.92. The minimum absolute atomic E-state index is 0.123. The SMILES string of the molecule is O=C(Nc1ccc(=O)[nH]n1)c1cccnc1F. The summed E-state index contributed by atoms with van der Waals surface area (Å²) in [7, 11) is 0. The minimum Gasteiger partial charge on any atom is -0.305 e. The van der Waals surface area contributed by atoms with Crippen LogP contribution in [0.3, 0.4) is 0 Å². The number of nitrogens with one attached hydrogen (secondary N) is 2. The lowest BCUT2D eigenvalue weighted by atomic mass is 10.2. The molecule has 6 nitrogen and oxygen atoms in total. The summed E-state index contributed by atoms with van der Waals surface area (Å²) in [5, 5.41) is 8.03. The molecule has 2 rings (SSSR count). The van der Waals surface area contributed by atoms with Crippen molar-refractivity contribution in [1.29, 1.82) is 0 Å². The molecule has 0 fully saturated rings. The van der Waals surface area contributed by atoms with Gasteiger partial charge in [0.2, 0.25) is 5.95 Å². The van der Waals surface area contributed by atoms with E-state index in [0.717, 1.165) is 0 Å². The van der Waals surface area contributed by atoms with E-state index in [0.29, 0.717) is 0 Å². The second kappa shape index (κ2) is 4.52. The van der Waals surface area contributed by atoms with Crippen molar-refractivity contribution in [2.24, 2.45) is 0 Å². The van der Waals surface area contributed by atoms with Crippen molar-refractivity contribution < 1.29 is 9.18 Å². The molecule has 0 saturated heterocycles. The van der Waals surface area contributed by atoms with Crippen molar-refractivity contribution >= 4 is 11.7 Å². The van der Waals surface area contributed by atoms with Crippen molar-refractivity contribution in [3.8, 4) is 0 Å². The van der Waals surface area contributed by atoms with Crippen LogP contribution >= 0.6 is 0 Å². The summed E-state index contributed by atoms with van der Waals surface area (Å²) in [5.41, 5.74) is -0.587. The van der Waals surface area contributed by atoms with Gasteiger partial charge in [-0.3, -0.25) is 9.59 Å². The van der Waals surface area contributed by atoms with Crippen LogP contribution in [0.2, 0.25) is 0 Å². The third-order valence-electron chi connectivity index (χ3n) is 1.92. The van der Waals surface area contributed by atoms with Gasteiger partial charge in [0.1, 0.15) is 0 Å². The molecule has 1 amide bonds. The fourth-order valence-electron chi connectivity index (χ4n) is 1.15. The smallest absolute Gasteiger partial charge is 0.264 e. The number of hydrogen-bond donors (Lipinski definition) is 2. The number of anilines is 1. The first-order valence-corrected chi connectivity index (χ1v) is 4.64. The predicted octanol–water partition coefficient (Wildman–Crippen LogP) is 0.556. The largest absolute Gasteiger partial charge is 0.305 e. The van der Waals surface area contributed by atoms with Crippen LogP contribution in [0.5, 0.6) is 0 Å². The summed E-state index contributed by atoms with van der Waals surface area (Å²) in [6.07, 6.45) is 1.24. The highest BCUT2D eigenvalue weighted by atomic mass is 19.1. The molecule has 17 heavy (non-hydrogen) atoms. The summed E-state index contributed by atoms with van der Waals surface area (Å²) in [5.74, 6) is -1.43. The van der Waals surface area contributed by atoms with Gasteiger partial charge in [-0.1, -0.05) is 0 Å². The number of pyridine rings is 1. The second-order valence-electron chi connectivity index (χ2n) is 3.10. The minimum atomic E-state index is -0.866. The highest BCUT2D eigenvalue weighted by Gasteiger charge is 2.12. The molecule has 2 N–H and O–H groups in total. The van der Waals surface area contributed by atoms with E-state index in [1.165, 1.54) is 30.5 Å². The number of H-pyrrole nitrogens is 1. The number of rotatable bonds is 2. The van der Waals surface area contributed by atoms with E-state index in [2.05, 4.69) is 20.5 Å².